The van der Waals surface area contributed by atoms with Crippen LogP contribution in [0.1, 0.15) is 49.1 Å². The number of aryl methyl sites for hydroxylation is 2. The number of Topliss-reactive ketones (excluding diaryl/α,β-unsaturated/α-hetero) is 1. The van der Waals surface area contributed by atoms with Crippen LogP contribution >= 0.6 is 0 Å². The molecule has 1 aliphatic rings. The number of ether oxygens (including phenoxy) is 1. The van der Waals surface area contributed by atoms with Gasteiger partial charge in [0, 0.05) is 5.56 Å². The lowest BCUT2D eigenvalue weighted by atomic mass is 10.0. The minimum absolute atomic E-state index is 0.259. The lowest BCUT2D eigenvalue weighted by molar-refractivity contribution is -0.146. The molecule has 0 N–H and O–H groups in total. The molecule has 3 rings (SSSR count). The van der Waals surface area contributed by atoms with Crippen LogP contribution in [0.5, 0.6) is 0 Å². The fraction of sp³-hybridized carbons (Fsp3) is 0.238. The van der Waals surface area contributed by atoms with Crippen molar-refractivity contribution in [3.63, 3.8) is 0 Å². The van der Waals surface area contributed by atoms with Gasteiger partial charge < -0.3 is 4.74 Å². The Morgan fingerprint density at radius 3 is 2.11 bits per heavy atom. The zero-order valence-corrected chi connectivity index (χ0v) is 15.3. The molecular formula is C21H19NO5. The maximum atomic E-state index is 12.5. The Morgan fingerprint density at radius 1 is 0.963 bits per heavy atom. The summed E-state index contributed by atoms with van der Waals surface area (Å²) in [6.45, 7) is 4.77. The lowest BCUT2D eigenvalue weighted by Crippen LogP contribution is -2.37. The van der Waals surface area contributed by atoms with Crippen molar-refractivity contribution in [2.45, 2.75) is 26.9 Å². The minimum Gasteiger partial charge on any atom is -0.453 e. The number of fused-ring (bicyclic) bond motifs is 1. The Labute approximate surface area is 156 Å². The van der Waals surface area contributed by atoms with E-state index in [4.69, 9.17) is 4.74 Å². The predicted octanol–water partition coefficient (Wildman–Crippen LogP) is 2.71. The Morgan fingerprint density at radius 2 is 1.56 bits per heavy atom. The second kappa shape index (κ2) is 7.15. The molecule has 6 heteroatoms. The van der Waals surface area contributed by atoms with Crippen LogP contribution in [0.2, 0.25) is 0 Å². The first-order valence-electron chi connectivity index (χ1n) is 8.55. The van der Waals surface area contributed by atoms with Gasteiger partial charge in [0.1, 0.15) is 6.54 Å². The molecule has 2 aromatic rings. The highest BCUT2D eigenvalue weighted by Crippen LogP contribution is 2.22. The van der Waals surface area contributed by atoms with Gasteiger partial charge in [-0.1, -0.05) is 24.3 Å². The molecule has 0 saturated carbocycles. The number of carbonyl (C=O) groups excluding carboxylic acids is 4. The summed E-state index contributed by atoms with van der Waals surface area (Å²) in [5.74, 6) is -2.23. The van der Waals surface area contributed by atoms with Gasteiger partial charge in [-0.25, -0.2) is 0 Å². The quantitative estimate of drug-likeness (QED) is 0.462. The Hall–Kier alpha value is -3.28. The third-order valence-electron chi connectivity index (χ3n) is 4.63. The van der Waals surface area contributed by atoms with Crippen LogP contribution < -0.4 is 0 Å². The Kier molecular flexibility index (Phi) is 4.90. The first-order chi connectivity index (χ1) is 12.8. The van der Waals surface area contributed by atoms with Gasteiger partial charge in [0.2, 0.25) is 5.78 Å². The molecule has 1 atom stereocenters. The van der Waals surface area contributed by atoms with Crippen molar-refractivity contribution in [3.8, 4) is 0 Å². The zero-order chi connectivity index (χ0) is 19.7. The van der Waals surface area contributed by atoms with Crippen molar-refractivity contribution >= 4 is 23.6 Å². The molecule has 2 amide bonds. The van der Waals surface area contributed by atoms with Crippen molar-refractivity contribution in [2.75, 3.05) is 6.54 Å². The number of amides is 2. The lowest BCUT2D eigenvalue weighted by Gasteiger charge is -2.16. The highest BCUT2D eigenvalue weighted by Gasteiger charge is 2.37. The maximum Gasteiger partial charge on any atom is 0.326 e. The smallest absolute Gasteiger partial charge is 0.326 e. The summed E-state index contributed by atoms with van der Waals surface area (Å²) in [7, 11) is 0. The van der Waals surface area contributed by atoms with Crippen molar-refractivity contribution in [3.05, 3.63) is 70.3 Å². The van der Waals surface area contributed by atoms with E-state index in [-0.39, 0.29) is 16.9 Å². The number of carbonyl (C=O) groups is 4. The van der Waals surface area contributed by atoms with Gasteiger partial charge in [-0.3, -0.25) is 24.1 Å². The summed E-state index contributed by atoms with van der Waals surface area (Å²) in [6.07, 6.45) is -1.02. The third kappa shape index (κ3) is 3.51. The van der Waals surface area contributed by atoms with E-state index >= 15 is 0 Å². The number of rotatable bonds is 5. The van der Waals surface area contributed by atoms with Crippen molar-refractivity contribution in [1.29, 1.82) is 0 Å². The van der Waals surface area contributed by atoms with Gasteiger partial charge in [0.15, 0.2) is 6.10 Å². The van der Waals surface area contributed by atoms with Crippen LogP contribution in [0, 0.1) is 13.8 Å². The summed E-state index contributed by atoms with van der Waals surface area (Å²) in [5, 5.41) is 0. The molecule has 138 valence electrons. The number of nitrogens with zero attached hydrogens (tertiary/aromatic N) is 1. The molecular weight excluding hydrogens is 346 g/mol. The van der Waals surface area contributed by atoms with Gasteiger partial charge in [-0.2, -0.15) is 0 Å². The average molecular weight is 365 g/mol. The standard InChI is InChI=1S/C21H19NO5/c1-12-8-9-15(10-13(12)2)19(24)14(3)27-18(23)11-22-20(25)16-6-4-5-7-17(16)21(22)26/h4-10,14H,11H2,1-3H3/t14-/m0/s1. The largest absolute Gasteiger partial charge is 0.453 e. The van der Waals surface area contributed by atoms with Crippen LogP contribution in [0.4, 0.5) is 0 Å². The van der Waals surface area contributed by atoms with E-state index in [1.165, 1.54) is 19.1 Å². The molecule has 1 heterocycles. The maximum absolute atomic E-state index is 12.5. The van der Waals surface area contributed by atoms with E-state index in [2.05, 4.69) is 0 Å². The molecule has 6 nitrogen and oxygen atoms in total. The SMILES string of the molecule is Cc1ccc(C(=O)[C@H](C)OC(=O)CN2C(=O)c3ccccc3C2=O)cc1C. The summed E-state index contributed by atoms with van der Waals surface area (Å²) < 4.78 is 5.16. The van der Waals surface area contributed by atoms with Crippen LogP contribution in [-0.4, -0.2) is 41.1 Å². The summed E-state index contributed by atoms with van der Waals surface area (Å²) in [6, 6.07) is 11.6. The molecule has 2 aromatic carbocycles. The Bertz CT molecular complexity index is 928. The second-order valence-electron chi connectivity index (χ2n) is 6.54. The zero-order valence-electron chi connectivity index (χ0n) is 15.3. The van der Waals surface area contributed by atoms with Gasteiger partial charge in [-0.05, 0) is 50.1 Å². The average Bonchev–Trinajstić information content (AvgIpc) is 2.88. The summed E-state index contributed by atoms with van der Waals surface area (Å²) in [4.78, 5) is 50.1. The highest BCUT2D eigenvalue weighted by atomic mass is 16.5. The molecule has 0 spiro atoms. The first-order valence-corrected chi connectivity index (χ1v) is 8.55. The van der Waals surface area contributed by atoms with Gasteiger partial charge in [0.05, 0.1) is 11.1 Å². The van der Waals surface area contributed by atoms with E-state index in [1.54, 1.807) is 24.3 Å². The summed E-state index contributed by atoms with van der Waals surface area (Å²) in [5.41, 5.74) is 2.98. The molecule has 0 aromatic heterocycles. The number of ketones is 1. The number of benzene rings is 2. The van der Waals surface area contributed by atoms with E-state index in [9.17, 15) is 19.2 Å². The second-order valence-corrected chi connectivity index (χ2v) is 6.54. The fourth-order valence-corrected chi connectivity index (χ4v) is 2.93. The molecule has 0 saturated heterocycles. The molecule has 1 aliphatic heterocycles. The van der Waals surface area contributed by atoms with Crippen molar-refractivity contribution in [2.24, 2.45) is 0 Å². The molecule has 27 heavy (non-hydrogen) atoms. The molecule has 0 bridgehead atoms. The topological polar surface area (TPSA) is 80.8 Å². The van der Waals surface area contributed by atoms with Crippen molar-refractivity contribution in [1.82, 2.24) is 4.90 Å². The normalized spacial score (nSPS) is 14.1. The molecule has 0 unspecified atom stereocenters. The van der Waals surface area contributed by atoms with Crippen LogP contribution in [-0.2, 0) is 9.53 Å². The van der Waals surface area contributed by atoms with Crippen molar-refractivity contribution < 1.29 is 23.9 Å². The predicted molar refractivity (Wildman–Crippen MR) is 97.6 cm³/mol. The fourth-order valence-electron chi connectivity index (χ4n) is 2.93. The van der Waals surface area contributed by atoms with E-state index in [0.29, 0.717) is 5.56 Å². The van der Waals surface area contributed by atoms with Crippen LogP contribution in [0.3, 0.4) is 0 Å². The number of hydrogen-bond acceptors (Lipinski definition) is 5. The molecule has 0 aliphatic carbocycles. The molecule has 0 fully saturated rings. The minimum atomic E-state index is -1.02. The van der Waals surface area contributed by atoms with Crippen LogP contribution in [0.15, 0.2) is 42.5 Å². The summed E-state index contributed by atoms with van der Waals surface area (Å²) >= 11 is 0. The monoisotopic (exact) mass is 365 g/mol. The molecule has 0 radical (unpaired) electrons. The first kappa shape index (κ1) is 18.5. The van der Waals surface area contributed by atoms with E-state index in [0.717, 1.165) is 16.0 Å². The van der Waals surface area contributed by atoms with Crippen LogP contribution in [0.25, 0.3) is 0 Å². The van der Waals surface area contributed by atoms with E-state index in [1.807, 2.05) is 19.9 Å². The number of esters is 1. The number of imide groups is 1. The highest BCUT2D eigenvalue weighted by molar-refractivity contribution is 6.22. The number of hydrogen-bond donors (Lipinski definition) is 0. The Balaban J connectivity index is 1.66. The van der Waals surface area contributed by atoms with Gasteiger partial charge in [-0.15, -0.1) is 0 Å². The van der Waals surface area contributed by atoms with Gasteiger partial charge >= 0.3 is 5.97 Å². The van der Waals surface area contributed by atoms with Gasteiger partial charge in [0.25, 0.3) is 11.8 Å². The third-order valence-corrected chi connectivity index (χ3v) is 4.63. The van der Waals surface area contributed by atoms with E-state index < -0.39 is 30.4 Å².